The van der Waals surface area contributed by atoms with Crippen molar-refractivity contribution in [2.45, 2.75) is 6.61 Å². The van der Waals surface area contributed by atoms with E-state index in [1.54, 1.807) is 30.3 Å². The van der Waals surface area contributed by atoms with Crippen LogP contribution in [-0.4, -0.2) is 12.6 Å². The normalized spacial score (nSPS) is 10.6. The second-order valence-electron chi connectivity index (χ2n) is 5.81. The summed E-state index contributed by atoms with van der Waals surface area (Å²) in [6.07, 6.45) is 0.209. The van der Waals surface area contributed by atoms with E-state index in [2.05, 4.69) is 0 Å². The smallest absolute Gasteiger partial charge is 0.192 e. The fourth-order valence-corrected chi connectivity index (χ4v) is 2.66. The molecule has 142 valence electrons. The van der Waals surface area contributed by atoms with Crippen LogP contribution in [0.5, 0.6) is 5.75 Å². The Kier molecular flexibility index (Phi) is 5.54. The van der Waals surface area contributed by atoms with Crippen LogP contribution in [0.15, 0.2) is 48.5 Å². The molecule has 0 spiro atoms. The fraction of sp³-hybridized carbons (Fsp3) is 0.0476. The average Bonchev–Trinajstić information content (AvgIpc) is 2.70. The largest absolute Gasteiger partial charge is 0.483 e. The molecule has 0 fully saturated rings. The number of halogens is 4. The molecule has 0 unspecified atom stereocenters. The Morgan fingerprint density at radius 1 is 0.786 bits per heavy atom. The van der Waals surface area contributed by atoms with Gasteiger partial charge in [0.1, 0.15) is 18.2 Å². The lowest BCUT2D eigenvalue weighted by Gasteiger charge is -2.14. The van der Waals surface area contributed by atoms with Crippen molar-refractivity contribution in [2.24, 2.45) is 0 Å². The average molecular weight is 388 g/mol. The van der Waals surface area contributed by atoms with Crippen molar-refractivity contribution in [1.29, 1.82) is 0 Å². The van der Waals surface area contributed by atoms with Crippen LogP contribution in [0.1, 0.15) is 26.3 Å². The maximum atomic E-state index is 14.9. The Hall–Kier alpha value is -3.48. The summed E-state index contributed by atoms with van der Waals surface area (Å²) in [5, 5.41) is 0. The molecule has 0 aliphatic rings. The first kappa shape index (κ1) is 19.3. The van der Waals surface area contributed by atoms with Crippen LogP contribution in [-0.2, 0) is 6.61 Å². The van der Waals surface area contributed by atoms with Crippen LogP contribution in [0.3, 0.4) is 0 Å². The van der Waals surface area contributed by atoms with Gasteiger partial charge in [0.15, 0.2) is 30.0 Å². The first-order chi connectivity index (χ1) is 13.5. The van der Waals surface area contributed by atoms with E-state index in [0.717, 1.165) is 12.1 Å². The van der Waals surface area contributed by atoms with Gasteiger partial charge in [0.25, 0.3) is 0 Å². The van der Waals surface area contributed by atoms with Crippen LogP contribution >= 0.6 is 0 Å². The summed E-state index contributed by atoms with van der Waals surface area (Å²) in [5.74, 6) is -6.14. The molecule has 3 aromatic carbocycles. The summed E-state index contributed by atoms with van der Waals surface area (Å²) in [4.78, 5) is 22.1. The monoisotopic (exact) mass is 388 g/mol. The molecule has 0 radical (unpaired) electrons. The highest BCUT2D eigenvalue weighted by Crippen LogP contribution is 2.37. The number of hydrogen-bond acceptors (Lipinski definition) is 3. The van der Waals surface area contributed by atoms with Gasteiger partial charge in [-0.3, -0.25) is 9.59 Å². The standard InChI is InChI=1S/C21H12F4O3/c22-16-7-6-13(9-26)18(23)17(16)15-8-14(10-27)19(24)21(20(15)25)28-11-12-4-2-1-3-5-12/h1-10H,11H2. The first-order valence-corrected chi connectivity index (χ1v) is 8.05. The quantitative estimate of drug-likeness (QED) is 0.435. The third-order valence-corrected chi connectivity index (χ3v) is 4.06. The third-order valence-electron chi connectivity index (χ3n) is 4.06. The van der Waals surface area contributed by atoms with Crippen LogP contribution in [0, 0.1) is 23.3 Å². The lowest BCUT2D eigenvalue weighted by atomic mass is 9.98. The van der Waals surface area contributed by atoms with Gasteiger partial charge in [0, 0.05) is 5.56 Å². The zero-order valence-electron chi connectivity index (χ0n) is 14.2. The highest BCUT2D eigenvalue weighted by molar-refractivity contribution is 5.84. The second-order valence-corrected chi connectivity index (χ2v) is 5.81. The van der Waals surface area contributed by atoms with Gasteiger partial charge in [-0.2, -0.15) is 0 Å². The molecule has 0 aromatic heterocycles. The summed E-state index contributed by atoms with van der Waals surface area (Å²) >= 11 is 0. The van der Waals surface area contributed by atoms with Crippen LogP contribution in [0.4, 0.5) is 17.6 Å². The van der Waals surface area contributed by atoms with Crippen molar-refractivity contribution in [3.8, 4) is 16.9 Å². The molecule has 0 aliphatic heterocycles. The summed E-state index contributed by atoms with van der Waals surface area (Å²) in [5.41, 5.74) is -2.20. The zero-order chi connectivity index (χ0) is 20.3. The molecule has 3 rings (SSSR count). The molecule has 0 atom stereocenters. The van der Waals surface area contributed by atoms with Gasteiger partial charge >= 0.3 is 0 Å². The van der Waals surface area contributed by atoms with Crippen molar-refractivity contribution in [3.05, 3.63) is 88.5 Å². The number of benzene rings is 3. The van der Waals surface area contributed by atoms with E-state index in [0.29, 0.717) is 11.6 Å². The molecule has 0 saturated heterocycles. The number of aldehydes is 2. The van der Waals surface area contributed by atoms with Gasteiger partial charge in [-0.25, -0.2) is 17.6 Å². The minimum absolute atomic E-state index is 0.0764. The maximum absolute atomic E-state index is 14.9. The van der Waals surface area contributed by atoms with Crippen LogP contribution in [0.25, 0.3) is 11.1 Å². The summed E-state index contributed by atoms with van der Waals surface area (Å²) in [6.45, 7) is -0.240. The Morgan fingerprint density at radius 2 is 1.46 bits per heavy atom. The predicted octanol–water partition coefficient (Wildman–Crippen LogP) is 5.11. The van der Waals surface area contributed by atoms with Crippen molar-refractivity contribution in [1.82, 2.24) is 0 Å². The van der Waals surface area contributed by atoms with Crippen molar-refractivity contribution in [2.75, 3.05) is 0 Å². The Morgan fingerprint density at radius 3 is 2.11 bits per heavy atom. The number of carbonyl (C=O) groups excluding carboxylic acids is 2. The van der Waals surface area contributed by atoms with Crippen LogP contribution in [0.2, 0.25) is 0 Å². The molecular weight excluding hydrogens is 376 g/mol. The Bertz CT molecular complexity index is 1050. The number of ether oxygens (including phenoxy) is 1. The van der Waals surface area contributed by atoms with Gasteiger partial charge in [-0.1, -0.05) is 30.3 Å². The SMILES string of the molecule is O=Cc1cc(-c2c(F)ccc(C=O)c2F)c(F)c(OCc2ccccc2)c1F. The Balaban J connectivity index is 2.16. The number of rotatable bonds is 6. The lowest BCUT2D eigenvalue weighted by Crippen LogP contribution is -2.06. The maximum Gasteiger partial charge on any atom is 0.192 e. The molecule has 0 N–H and O–H groups in total. The zero-order valence-corrected chi connectivity index (χ0v) is 14.2. The fourth-order valence-electron chi connectivity index (χ4n) is 2.66. The Labute approximate surface area is 157 Å². The van der Waals surface area contributed by atoms with E-state index in [1.165, 1.54) is 0 Å². The summed E-state index contributed by atoms with van der Waals surface area (Å²) < 4.78 is 63.2. The highest BCUT2D eigenvalue weighted by atomic mass is 19.1. The molecule has 0 bridgehead atoms. The van der Waals surface area contributed by atoms with E-state index in [9.17, 15) is 27.2 Å². The third kappa shape index (κ3) is 3.51. The summed E-state index contributed by atoms with van der Waals surface area (Å²) in [6, 6.07) is 10.7. The van der Waals surface area contributed by atoms with Crippen molar-refractivity contribution in [3.63, 3.8) is 0 Å². The van der Waals surface area contributed by atoms with Gasteiger partial charge < -0.3 is 4.74 Å². The van der Waals surface area contributed by atoms with Gasteiger partial charge in [-0.05, 0) is 23.8 Å². The van der Waals surface area contributed by atoms with E-state index < -0.39 is 51.3 Å². The van der Waals surface area contributed by atoms with E-state index in [1.807, 2.05) is 0 Å². The summed E-state index contributed by atoms with van der Waals surface area (Å²) in [7, 11) is 0. The molecule has 0 amide bonds. The minimum atomic E-state index is -1.39. The number of hydrogen-bond donors (Lipinski definition) is 0. The lowest BCUT2D eigenvalue weighted by molar-refractivity contribution is 0.111. The van der Waals surface area contributed by atoms with Crippen molar-refractivity contribution >= 4 is 12.6 Å². The molecule has 7 heteroatoms. The molecule has 3 nitrogen and oxygen atoms in total. The molecule has 0 aliphatic carbocycles. The first-order valence-electron chi connectivity index (χ1n) is 8.05. The second kappa shape index (κ2) is 8.04. The van der Waals surface area contributed by atoms with E-state index >= 15 is 0 Å². The molecule has 3 aromatic rings. The predicted molar refractivity (Wildman–Crippen MR) is 93.3 cm³/mol. The number of carbonyl (C=O) groups is 2. The molecule has 0 heterocycles. The highest BCUT2D eigenvalue weighted by Gasteiger charge is 2.25. The van der Waals surface area contributed by atoms with Gasteiger partial charge in [0.2, 0.25) is 0 Å². The molecular formula is C21H12F4O3. The topological polar surface area (TPSA) is 43.4 Å². The van der Waals surface area contributed by atoms with Gasteiger partial charge in [-0.15, -0.1) is 0 Å². The van der Waals surface area contributed by atoms with E-state index in [-0.39, 0.29) is 19.2 Å². The molecule has 28 heavy (non-hydrogen) atoms. The van der Waals surface area contributed by atoms with Gasteiger partial charge in [0.05, 0.1) is 16.7 Å². The van der Waals surface area contributed by atoms with Crippen molar-refractivity contribution < 1.29 is 31.9 Å². The van der Waals surface area contributed by atoms with Crippen LogP contribution < -0.4 is 4.74 Å². The molecule has 0 saturated carbocycles. The van der Waals surface area contributed by atoms with E-state index in [4.69, 9.17) is 4.74 Å². The minimum Gasteiger partial charge on any atom is -0.483 e.